The van der Waals surface area contributed by atoms with Crippen molar-refractivity contribution in [3.8, 4) is 0 Å². The molecule has 0 bridgehead atoms. The minimum atomic E-state index is -3.31. The van der Waals surface area contributed by atoms with Gasteiger partial charge in [-0.2, -0.15) is 0 Å². The topological polar surface area (TPSA) is 0 Å². The zero-order valence-corrected chi connectivity index (χ0v) is 22.8. The number of aryl methyl sites for hydroxylation is 2. The molecule has 0 atom stereocenters. The van der Waals surface area contributed by atoms with Gasteiger partial charge in [0.1, 0.15) is 0 Å². The molecule has 0 aromatic heterocycles. The number of rotatable bonds is 6. The molecule has 4 rings (SSSR count). The molecule has 0 spiro atoms. The van der Waals surface area contributed by atoms with E-state index in [4.69, 9.17) is 0 Å². The average Bonchev–Trinajstić information content (AvgIpc) is 3.44. The molecular weight excluding hydrogens is 456 g/mol. The van der Waals surface area contributed by atoms with Gasteiger partial charge in [0.2, 0.25) is 0 Å². The number of hydrogen-bond acceptors (Lipinski definition) is 0. The van der Waals surface area contributed by atoms with Gasteiger partial charge >= 0.3 is 186 Å². The second kappa shape index (κ2) is 8.21. The predicted octanol–water partition coefficient (Wildman–Crippen LogP) is 7.19. The van der Waals surface area contributed by atoms with Crippen LogP contribution >= 0.6 is 0 Å². The molecule has 2 aliphatic rings. The molecule has 2 heteroatoms. The Morgan fingerprint density at radius 3 is 1.57 bits per heavy atom. The van der Waals surface area contributed by atoms with E-state index in [0.717, 1.165) is 25.7 Å². The van der Waals surface area contributed by atoms with Gasteiger partial charge in [-0.25, -0.2) is 0 Å². The second-order valence-electron chi connectivity index (χ2n) is 9.79. The van der Waals surface area contributed by atoms with Crippen LogP contribution in [0.3, 0.4) is 0 Å². The third-order valence-corrected chi connectivity index (χ3v) is 24.0. The standard InChI is InChI=1S/2C13H13.2CH3.H2Si.Zr/c2*1-2-11-6-5-9-13(10-11)12-7-3-4-8-12;;;;/h2*3,5-7,9-10H,2,4H2,1H3;2*1H3;1H2;. The van der Waals surface area contributed by atoms with Gasteiger partial charge in [-0.15, -0.1) is 0 Å². The van der Waals surface area contributed by atoms with Crippen molar-refractivity contribution in [2.24, 2.45) is 0 Å². The van der Waals surface area contributed by atoms with E-state index in [1.54, 1.807) is 6.56 Å². The van der Waals surface area contributed by atoms with E-state index in [9.17, 15) is 0 Å². The van der Waals surface area contributed by atoms with Crippen molar-refractivity contribution in [3.05, 3.63) is 102 Å². The van der Waals surface area contributed by atoms with Crippen molar-refractivity contribution >= 4 is 18.0 Å². The van der Waals surface area contributed by atoms with Gasteiger partial charge in [-0.05, 0) is 0 Å². The van der Waals surface area contributed by atoms with E-state index in [-0.39, 0.29) is 0 Å². The summed E-state index contributed by atoms with van der Waals surface area (Å²) in [4.78, 5) is 0. The van der Waals surface area contributed by atoms with Gasteiger partial charge in [-0.3, -0.25) is 0 Å². The molecule has 0 heterocycles. The molecule has 0 saturated heterocycles. The van der Waals surface area contributed by atoms with Crippen LogP contribution in [0.5, 0.6) is 0 Å². The Bertz CT molecular complexity index is 1090. The van der Waals surface area contributed by atoms with Gasteiger partial charge in [0.05, 0.1) is 0 Å². The molecule has 2 aromatic carbocycles. The molecule has 2 aromatic rings. The summed E-state index contributed by atoms with van der Waals surface area (Å²) in [5.41, 5.74) is 8.71. The first-order valence-corrected chi connectivity index (χ1v) is 24.7. The van der Waals surface area contributed by atoms with Gasteiger partial charge in [0, 0.05) is 0 Å². The molecular formula is C28H34SiZr. The Labute approximate surface area is 185 Å². The fourth-order valence-electron chi connectivity index (χ4n) is 5.17. The van der Waals surface area contributed by atoms with E-state index >= 15 is 0 Å². The number of benzene rings is 2. The molecule has 0 amide bonds. The quantitative estimate of drug-likeness (QED) is 0.377. The molecule has 0 radical (unpaired) electrons. The first kappa shape index (κ1) is 21.7. The van der Waals surface area contributed by atoms with E-state index in [1.807, 2.05) is 0 Å². The first-order valence-electron chi connectivity index (χ1n) is 11.4. The van der Waals surface area contributed by atoms with E-state index in [2.05, 4.69) is 103 Å². The van der Waals surface area contributed by atoms with Crippen molar-refractivity contribution in [2.75, 3.05) is 0 Å². The Morgan fingerprint density at radius 1 is 0.733 bits per heavy atom. The first-order chi connectivity index (χ1) is 14.3. The molecule has 0 saturated carbocycles. The number of hydrogen-bond donors (Lipinski definition) is 0. The van der Waals surface area contributed by atoms with Crippen LogP contribution in [0.1, 0.15) is 48.9 Å². The van der Waals surface area contributed by atoms with Gasteiger partial charge in [0.15, 0.2) is 0 Å². The van der Waals surface area contributed by atoms with Crippen LogP contribution in [0.15, 0.2) is 79.4 Å². The molecule has 154 valence electrons. The summed E-state index contributed by atoms with van der Waals surface area (Å²) in [6.07, 6.45) is 14.0. The third kappa shape index (κ3) is 3.90. The van der Waals surface area contributed by atoms with Crippen molar-refractivity contribution in [1.29, 1.82) is 0 Å². The fourth-order valence-corrected chi connectivity index (χ4v) is 19.2. The van der Waals surface area contributed by atoms with Crippen LogP contribution in [-0.2, 0) is 30.2 Å². The molecule has 30 heavy (non-hydrogen) atoms. The Kier molecular flexibility index (Phi) is 5.94. The summed E-state index contributed by atoms with van der Waals surface area (Å²) >= 11 is -3.31. The van der Waals surface area contributed by atoms with Crippen molar-refractivity contribution in [1.82, 2.24) is 0 Å². The maximum absolute atomic E-state index is 3.31. The zero-order valence-electron chi connectivity index (χ0n) is 19.0. The third-order valence-electron chi connectivity index (χ3n) is 7.09. The zero-order chi connectivity index (χ0) is 21.4. The summed E-state index contributed by atoms with van der Waals surface area (Å²) in [6.45, 7) is 6.87. The van der Waals surface area contributed by atoms with Crippen LogP contribution in [0.25, 0.3) is 11.1 Å². The maximum atomic E-state index is 2.66. The Balaban J connectivity index is 1.88. The van der Waals surface area contributed by atoms with Crippen LogP contribution < -0.4 is 0 Å². The van der Waals surface area contributed by atoms with Crippen molar-refractivity contribution < 1.29 is 17.4 Å². The molecule has 2 aliphatic carbocycles. The molecule has 0 N–H and O–H groups in total. The van der Waals surface area contributed by atoms with Crippen LogP contribution in [0.2, 0.25) is 9.26 Å². The number of allylic oxidation sites excluding steroid dienone is 8. The second-order valence-corrected chi connectivity index (χ2v) is 38.5. The van der Waals surface area contributed by atoms with Gasteiger partial charge < -0.3 is 0 Å². The Hall–Kier alpha value is -1.50. The predicted molar refractivity (Wildman–Crippen MR) is 133 cm³/mol. The van der Waals surface area contributed by atoms with Crippen LogP contribution in [-0.4, -0.2) is 6.88 Å². The van der Waals surface area contributed by atoms with Gasteiger partial charge in [-0.1, -0.05) is 0 Å². The van der Waals surface area contributed by atoms with Crippen molar-refractivity contribution in [2.45, 2.75) is 48.8 Å². The average molecular weight is 490 g/mol. The van der Waals surface area contributed by atoms with E-state index in [1.165, 1.54) is 33.4 Å². The normalized spacial score (nSPS) is 16.8. The molecule has 0 aliphatic heterocycles. The van der Waals surface area contributed by atoms with Crippen LogP contribution in [0, 0.1) is 0 Å². The fraction of sp³-hybridized carbons (Fsp3) is 0.286. The van der Waals surface area contributed by atoms with Crippen molar-refractivity contribution in [3.63, 3.8) is 0 Å². The summed E-state index contributed by atoms with van der Waals surface area (Å²) in [7, 11) is 0. The van der Waals surface area contributed by atoms with E-state index in [0.29, 0.717) is 0 Å². The molecule has 0 fully saturated rings. The molecule has 0 nitrogen and oxygen atoms in total. The van der Waals surface area contributed by atoms with Gasteiger partial charge in [0.25, 0.3) is 0 Å². The Morgan fingerprint density at radius 2 is 1.17 bits per heavy atom. The summed E-state index contributed by atoms with van der Waals surface area (Å²) in [5.74, 6) is 0. The summed E-state index contributed by atoms with van der Waals surface area (Å²) < 4.78 is 8.84. The van der Waals surface area contributed by atoms with Crippen LogP contribution in [0.4, 0.5) is 0 Å². The summed E-state index contributed by atoms with van der Waals surface area (Å²) in [6, 6.07) is 18.4. The minimum absolute atomic E-state index is 1.09. The SMILES string of the molecule is CCc1cccc(C2=[C]([Zr]([CH3])([CH3])(=[SiH2])[C]3=C(c4cccc(CC)c4)C=CC3)CC=C2)c1. The monoisotopic (exact) mass is 488 g/mol. The van der Waals surface area contributed by atoms with E-state index < -0.39 is 17.4 Å². The summed E-state index contributed by atoms with van der Waals surface area (Å²) in [5, 5.41) is 0. The molecule has 0 unspecified atom stereocenters.